The Morgan fingerprint density at radius 1 is 1.21 bits per heavy atom. The number of fused-ring (bicyclic) bond motifs is 5. The lowest BCUT2D eigenvalue weighted by Crippen LogP contribution is -2.30. The fourth-order valence-electron chi connectivity index (χ4n) is 4.36. The van der Waals surface area contributed by atoms with E-state index in [1.165, 1.54) is 16.9 Å². The van der Waals surface area contributed by atoms with E-state index in [4.69, 9.17) is 19.3 Å². The Balaban J connectivity index is 1.35. The van der Waals surface area contributed by atoms with E-state index >= 15 is 0 Å². The fraction of sp³-hybridized carbons (Fsp3) is 0.417. The number of benzene rings is 1. The average molecular weight is 481 g/mol. The number of hydrogen-bond donors (Lipinski definition) is 0. The summed E-state index contributed by atoms with van der Waals surface area (Å²) in [7, 11) is 3.22. The minimum Gasteiger partial charge on any atom is -0.493 e. The van der Waals surface area contributed by atoms with Crippen LogP contribution in [0.5, 0.6) is 11.5 Å². The van der Waals surface area contributed by atoms with Crippen LogP contribution in [0.4, 0.5) is 0 Å². The summed E-state index contributed by atoms with van der Waals surface area (Å²) >= 11 is 1.77. The van der Waals surface area contributed by atoms with Gasteiger partial charge in [0, 0.05) is 23.5 Å². The molecule has 34 heavy (non-hydrogen) atoms. The van der Waals surface area contributed by atoms with Gasteiger partial charge in [0.1, 0.15) is 11.2 Å². The van der Waals surface area contributed by atoms with Crippen LogP contribution >= 0.6 is 11.3 Å². The summed E-state index contributed by atoms with van der Waals surface area (Å²) in [4.78, 5) is 19.9. The maximum Gasteiger partial charge on any atom is 0.192 e. The number of aromatic nitrogens is 4. The molecule has 0 saturated carbocycles. The first-order chi connectivity index (χ1) is 16.6. The van der Waals surface area contributed by atoms with E-state index in [-0.39, 0.29) is 6.61 Å². The number of hydrogen-bond acceptors (Lipinski definition) is 9. The molecule has 1 aliphatic rings. The predicted molar refractivity (Wildman–Crippen MR) is 132 cm³/mol. The Morgan fingerprint density at radius 3 is 2.85 bits per heavy atom. The number of rotatable bonds is 8. The quantitative estimate of drug-likeness (QED) is 0.278. The van der Waals surface area contributed by atoms with Crippen molar-refractivity contribution in [1.82, 2.24) is 24.5 Å². The molecular formula is C24H28N6O3S. The maximum absolute atomic E-state index is 5.60. The molecule has 4 heterocycles. The Bertz CT molecular complexity index is 1360. The summed E-state index contributed by atoms with van der Waals surface area (Å²) < 4.78 is 12.4. The van der Waals surface area contributed by atoms with E-state index in [1.54, 1.807) is 36.4 Å². The van der Waals surface area contributed by atoms with Gasteiger partial charge in [0.25, 0.3) is 0 Å². The van der Waals surface area contributed by atoms with Gasteiger partial charge in [0.2, 0.25) is 0 Å². The van der Waals surface area contributed by atoms with Gasteiger partial charge in [-0.3, -0.25) is 4.90 Å². The van der Waals surface area contributed by atoms with E-state index in [0.717, 1.165) is 53.2 Å². The first-order valence-electron chi connectivity index (χ1n) is 11.4. The van der Waals surface area contributed by atoms with Gasteiger partial charge in [-0.25, -0.2) is 14.5 Å². The van der Waals surface area contributed by atoms with Crippen molar-refractivity contribution in [3.05, 3.63) is 46.4 Å². The normalized spacial score (nSPS) is 14.5. The predicted octanol–water partition coefficient (Wildman–Crippen LogP) is 4.07. The SMILES string of the molecule is CCCN1CCc2c(sc3ncn4nc(CO/N=C(\C)c5ccc(OC)c(OC)c5)nc4c23)C1. The molecule has 178 valence electrons. The number of methoxy groups -OCH3 is 2. The molecule has 0 atom stereocenters. The zero-order chi connectivity index (χ0) is 23.7. The lowest BCUT2D eigenvalue weighted by atomic mass is 10.1. The van der Waals surface area contributed by atoms with Crippen LogP contribution in [0.3, 0.4) is 0 Å². The van der Waals surface area contributed by atoms with Crippen molar-refractivity contribution >= 4 is 32.9 Å². The number of ether oxygens (including phenoxy) is 2. The highest BCUT2D eigenvalue weighted by Crippen LogP contribution is 2.36. The van der Waals surface area contributed by atoms with Gasteiger partial charge in [-0.15, -0.1) is 16.4 Å². The van der Waals surface area contributed by atoms with Crippen LogP contribution in [0.15, 0.2) is 29.7 Å². The van der Waals surface area contributed by atoms with Crippen LogP contribution in [-0.2, 0) is 24.4 Å². The molecule has 3 aromatic heterocycles. The number of oxime groups is 1. The van der Waals surface area contributed by atoms with Crippen LogP contribution in [0.25, 0.3) is 15.9 Å². The second kappa shape index (κ2) is 9.55. The smallest absolute Gasteiger partial charge is 0.192 e. The molecule has 0 fully saturated rings. The zero-order valence-electron chi connectivity index (χ0n) is 19.9. The summed E-state index contributed by atoms with van der Waals surface area (Å²) in [6.45, 7) is 7.47. The minimum atomic E-state index is 0.171. The van der Waals surface area contributed by atoms with Crippen LogP contribution in [0, 0.1) is 0 Å². The number of thiophene rings is 1. The van der Waals surface area contributed by atoms with Crippen molar-refractivity contribution in [2.75, 3.05) is 27.3 Å². The van der Waals surface area contributed by atoms with E-state index in [2.05, 4.69) is 27.1 Å². The molecule has 10 heteroatoms. The molecule has 0 unspecified atom stereocenters. The molecule has 0 amide bonds. The molecule has 5 rings (SSSR count). The second-order valence-electron chi connectivity index (χ2n) is 8.27. The zero-order valence-corrected chi connectivity index (χ0v) is 20.7. The highest BCUT2D eigenvalue weighted by atomic mass is 32.1. The van der Waals surface area contributed by atoms with Gasteiger partial charge in [-0.05, 0) is 50.1 Å². The summed E-state index contributed by atoms with van der Waals surface area (Å²) in [5.41, 5.74) is 3.81. The van der Waals surface area contributed by atoms with E-state index in [1.807, 2.05) is 25.1 Å². The highest BCUT2D eigenvalue weighted by Gasteiger charge is 2.24. The molecular weight excluding hydrogens is 452 g/mol. The van der Waals surface area contributed by atoms with Crippen LogP contribution < -0.4 is 9.47 Å². The van der Waals surface area contributed by atoms with Gasteiger partial charge in [-0.2, -0.15) is 0 Å². The van der Waals surface area contributed by atoms with Crippen LogP contribution in [-0.4, -0.2) is 57.5 Å². The third kappa shape index (κ3) is 4.19. The van der Waals surface area contributed by atoms with Gasteiger partial charge in [0.15, 0.2) is 29.6 Å². The standard InChI is InChI=1S/C24H28N6O3S/c1-5-9-29-10-8-17-20(12-29)34-24-22(17)23-26-21(27-30(23)14-25-24)13-33-28-15(2)16-6-7-18(31-3)19(11-16)32-4/h6-7,11,14H,5,8-10,12-13H2,1-4H3/b28-15+. The van der Waals surface area contributed by atoms with E-state index < -0.39 is 0 Å². The topological polar surface area (TPSA) is 86.4 Å². The first-order valence-corrected chi connectivity index (χ1v) is 12.2. The molecule has 0 bridgehead atoms. The monoisotopic (exact) mass is 480 g/mol. The third-order valence-electron chi connectivity index (χ3n) is 6.04. The van der Waals surface area contributed by atoms with Crippen molar-refractivity contribution in [3.63, 3.8) is 0 Å². The lowest BCUT2D eigenvalue weighted by Gasteiger charge is -2.26. The Labute approximate surface area is 202 Å². The fourth-order valence-corrected chi connectivity index (χ4v) is 5.58. The Kier molecular flexibility index (Phi) is 6.34. The average Bonchev–Trinajstić information content (AvgIpc) is 3.43. The number of nitrogens with zero attached hydrogens (tertiary/aromatic N) is 6. The molecule has 1 aliphatic heterocycles. The molecule has 9 nitrogen and oxygen atoms in total. The summed E-state index contributed by atoms with van der Waals surface area (Å²) in [5, 5.41) is 9.94. The van der Waals surface area contributed by atoms with Gasteiger partial charge in [0.05, 0.1) is 25.3 Å². The largest absolute Gasteiger partial charge is 0.493 e. The molecule has 0 saturated heterocycles. The lowest BCUT2D eigenvalue weighted by molar-refractivity contribution is 0.125. The minimum absolute atomic E-state index is 0.171. The van der Waals surface area contributed by atoms with E-state index in [9.17, 15) is 0 Å². The molecule has 4 aromatic rings. The van der Waals surface area contributed by atoms with Gasteiger partial charge >= 0.3 is 0 Å². The van der Waals surface area contributed by atoms with Crippen molar-refractivity contribution in [2.24, 2.45) is 5.16 Å². The van der Waals surface area contributed by atoms with Crippen molar-refractivity contribution in [1.29, 1.82) is 0 Å². The van der Waals surface area contributed by atoms with E-state index in [0.29, 0.717) is 17.3 Å². The highest BCUT2D eigenvalue weighted by molar-refractivity contribution is 7.19. The van der Waals surface area contributed by atoms with Crippen molar-refractivity contribution in [2.45, 2.75) is 39.8 Å². The van der Waals surface area contributed by atoms with Gasteiger partial charge < -0.3 is 14.3 Å². The van der Waals surface area contributed by atoms with Crippen molar-refractivity contribution in [3.8, 4) is 11.5 Å². The van der Waals surface area contributed by atoms with Crippen LogP contribution in [0.2, 0.25) is 0 Å². The second-order valence-corrected chi connectivity index (χ2v) is 9.35. The molecule has 0 radical (unpaired) electrons. The molecule has 0 N–H and O–H groups in total. The molecule has 0 spiro atoms. The first kappa shape index (κ1) is 22.5. The Morgan fingerprint density at radius 2 is 2.06 bits per heavy atom. The summed E-state index contributed by atoms with van der Waals surface area (Å²) in [6.07, 6.45) is 3.92. The summed E-state index contributed by atoms with van der Waals surface area (Å²) in [6, 6.07) is 5.63. The maximum atomic E-state index is 5.60. The van der Waals surface area contributed by atoms with Crippen molar-refractivity contribution < 1.29 is 14.3 Å². The third-order valence-corrected chi connectivity index (χ3v) is 7.16. The molecule has 0 aliphatic carbocycles. The summed E-state index contributed by atoms with van der Waals surface area (Å²) in [5.74, 6) is 1.88. The van der Waals surface area contributed by atoms with Gasteiger partial charge in [-0.1, -0.05) is 12.1 Å². The Hall–Kier alpha value is -3.24. The molecule has 1 aromatic carbocycles. The van der Waals surface area contributed by atoms with Crippen LogP contribution in [0.1, 0.15) is 42.1 Å².